The molecule has 1 aromatic heterocycles. The van der Waals surface area contributed by atoms with Gasteiger partial charge in [-0.3, -0.25) is 4.98 Å². The summed E-state index contributed by atoms with van der Waals surface area (Å²) in [5.74, 6) is -0.338. The normalized spacial score (nSPS) is 10.5. The number of carbonyl (C=O) groups excluding carboxylic acids is 1. The van der Waals surface area contributed by atoms with Crippen LogP contribution in [0.1, 0.15) is 15.9 Å². The largest absolute Gasteiger partial charge is 0.457 e. The smallest absolute Gasteiger partial charge is 0.338 e. The van der Waals surface area contributed by atoms with E-state index in [0.29, 0.717) is 5.56 Å². The minimum absolute atomic E-state index is 0.183. The number of aromatic nitrogens is 1. The maximum absolute atomic E-state index is 12.0. The van der Waals surface area contributed by atoms with Gasteiger partial charge in [-0.1, -0.05) is 46.3 Å². The Labute approximate surface area is 130 Å². The zero-order chi connectivity index (χ0) is 14.7. The van der Waals surface area contributed by atoms with Gasteiger partial charge < -0.3 is 4.74 Å². The number of esters is 1. The fourth-order valence-electron chi connectivity index (χ4n) is 2.11. The van der Waals surface area contributed by atoms with Crippen molar-refractivity contribution in [2.75, 3.05) is 0 Å². The van der Waals surface area contributed by atoms with E-state index in [-0.39, 0.29) is 12.6 Å². The average molecular weight is 342 g/mol. The third kappa shape index (κ3) is 2.95. The molecule has 21 heavy (non-hydrogen) atoms. The molecule has 104 valence electrons. The number of halogens is 1. The van der Waals surface area contributed by atoms with E-state index in [4.69, 9.17) is 4.74 Å². The third-order valence-corrected chi connectivity index (χ3v) is 3.92. The van der Waals surface area contributed by atoms with Crippen LogP contribution < -0.4 is 0 Å². The molecule has 3 aromatic rings. The molecule has 0 aliphatic rings. The van der Waals surface area contributed by atoms with E-state index >= 15 is 0 Å². The van der Waals surface area contributed by atoms with E-state index in [9.17, 15) is 4.79 Å². The number of hydrogen-bond acceptors (Lipinski definition) is 3. The summed E-state index contributed by atoms with van der Waals surface area (Å²) in [5, 5.41) is 1.02. The zero-order valence-electron chi connectivity index (χ0n) is 11.1. The standard InChI is InChI=1S/C17H12BrNO2/c18-15-9-8-12-7-4-10-19-16(12)14(15)11-21-17(20)13-5-2-1-3-6-13/h1-10H,11H2. The van der Waals surface area contributed by atoms with Crippen molar-refractivity contribution in [3.05, 3.63) is 76.4 Å². The van der Waals surface area contributed by atoms with Crippen LogP contribution in [0.5, 0.6) is 0 Å². The summed E-state index contributed by atoms with van der Waals surface area (Å²) >= 11 is 3.49. The Balaban J connectivity index is 1.86. The van der Waals surface area contributed by atoms with Gasteiger partial charge in [0.15, 0.2) is 0 Å². The van der Waals surface area contributed by atoms with Crippen molar-refractivity contribution >= 4 is 32.8 Å². The molecule has 0 saturated heterocycles. The first kappa shape index (κ1) is 13.8. The van der Waals surface area contributed by atoms with Crippen LogP contribution in [0.15, 0.2) is 65.3 Å². The van der Waals surface area contributed by atoms with E-state index in [1.54, 1.807) is 18.3 Å². The molecular weight excluding hydrogens is 330 g/mol. The Hall–Kier alpha value is -2.20. The summed E-state index contributed by atoms with van der Waals surface area (Å²) < 4.78 is 6.28. The molecule has 1 heterocycles. The summed E-state index contributed by atoms with van der Waals surface area (Å²) in [4.78, 5) is 16.4. The predicted molar refractivity (Wildman–Crippen MR) is 85.0 cm³/mol. The molecule has 0 atom stereocenters. The number of fused-ring (bicyclic) bond motifs is 1. The molecule has 2 aromatic carbocycles. The molecule has 0 aliphatic heterocycles. The van der Waals surface area contributed by atoms with Crippen molar-refractivity contribution in [3.63, 3.8) is 0 Å². The topological polar surface area (TPSA) is 39.2 Å². The molecule has 0 spiro atoms. The Morgan fingerprint density at radius 3 is 2.67 bits per heavy atom. The number of benzene rings is 2. The second-order valence-electron chi connectivity index (χ2n) is 4.54. The SMILES string of the molecule is O=C(OCc1c(Br)ccc2cccnc12)c1ccccc1. The molecular formula is C17H12BrNO2. The summed E-state index contributed by atoms with van der Waals surface area (Å²) in [6.45, 7) is 0.183. The van der Waals surface area contributed by atoms with Gasteiger partial charge in [0.05, 0.1) is 11.1 Å². The number of carbonyl (C=O) groups is 1. The zero-order valence-corrected chi connectivity index (χ0v) is 12.7. The van der Waals surface area contributed by atoms with Crippen LogP contribution in [0.25, 0.3) is 10.9 Å². The second-order valence-corrected chi connectivity index (χ2v) is 5.40. The van der Waals surface area contributed by atoms with Crippen LogP contribution in [0.4, 0.5) is 0 Å². The number of hydrogen-bond donors (Lipinski definition) is 0. The van der Waals surface area contributed by atoms with Gasteiger partial charge in [-0.15, -0.1) is 0 Å². The van der Waals surface area contributed by atoms with E-state index in [2.05, 4.69) is 20.9 Å². The highest BCUT2D eigenvalue weighted by Crippen LogP contribution is 2.25. The van der Waals surface area contributed by atoms with Crippen LogP contribution in [0.2, 0.25) is 0 Å². The Morgan fingerprint density at radius 1 is 1.05 bits per heavy atom. The van der Waals surface area contributed by atoms with Crippen LogP contribution in [-0.2, 0) is 11.3 Å². The Morgan fingerprint density at radius 2 is 1.86 bits per heavy atom. The fraction of sp³-hybridized carbons (Fsp3) is 0.0588. The molecule has 0 fully saturated rings. The van der Waals surface area contributed by atoms with Gasteiger partial charge in [-0.2, -0.15) is 0 Å². The summed E-state index contributed by atoms with van der Waals surface area (Å²) in [6.07, 6.45) is 1.73. The third-order valence-electron chi connectivity index (χ3n) is 3.18. The predicted octanol–water partition coefficient (Wildman–Crippen LogP) is 4.35. The highest BCUT2D eigenvalue weighted by molar-refractivity contribution is 9.10. The molecule has 0 amide bonds. The van der Waals surface area contributed by atoms with Gasteiger partial charge >= 0.3 is 5.97 Å². The van der Waals surface area contributed by atoms with Crippen molar-refractivity contribution < 1.29 is 9.53 Å². The minimum atomic E-state index is -0.338. The number of ether oxygens (including phenoxy) is 1. The highest BCUT2D eigenvalue weighted by Gasteiger charge is 2.11. The van der Waals surface area contributed by atoms with Gasteiger partial charge in [0.2, 0.25) is 0 Å². The van der Waals surface area contributed by atoms with Crippen molar-refractivity contribution in [2.24, 2.45) is 0 Å². The summed E-state index contributed by atoms with van der Waals surface area (Å²) in [5.41, 5.74) is 2.26. The molecule has 0 saturated carbocycles. The lowest BCUT2D eigenvalue weighted by molar-refractivity contribution is 0.0473. The molecule has 0 bridgehead atoms. The molecule has 4 heteroatoms. The fourth-order valence-corrected chi connectivity index (χ4v) is 2.55. The Bertz CT molecular complexity index is 787. The number of pyridine rings is 1. The van der Waals surface area contributed by atoms with Crippen LogP contribution in [-0.4, -0.2) is 11.0 Å². The maximum Gasteiger partial charge on any atom is 0.338 e. The lowest BCUT2D eigenvalue weighted by atomic mass is 10.1. The number of nitrogens with zero attached hydrogens (tertiary/aromatic N) is 1. The van der Waals surface area contributed by atoms with Crippen molar-refractivity contribution in [2.45, 2.75) is 6.61 Å². The number of rotatable bonds is 3. The molecule has 0 N–H and O–H groups in total. The van der Waals surface area contributed by atoms with Crippen LogP contribution in [0.3, 0.4) is 0 Å². The van der Waals surface area contributed by atoms with Crippen LogP contribution in [0, 0.1) is 0 Å². The van der Waals surface area contributed by atoms with Gasteiger partial charge in [0.25, 0.3) is 0 Å². The van der Waals surface area contributed by atoms with Gasteiger partial charge in [0.1, 0.15) is 6.61 Å². The van der Waals surface area contributed by atoms with E-state index in [0.717, 1.165) is 20.9 Å². The highest BCUT2D eigenvalue weighted by atomic mass is 79.9. The quantitative estimate of drug-likeness (QED) is 0.664. The summed E-state index contributed by atoms with van der Waals surface area (Å²) in [6, 6.07) is 16.7. The molecule has 0 radical (unpaired) electrons. The van der Waals surface area contributed by atoms with E-state index in [1.165, 1.54) is 0 Å². The minimum Gasteiger partial charge on any atom is -0.457 e. The molecule has 3 nitrogen and oxygen atoms in total. The van der Waals surface area contributed by atoms with E-state index in [1.807, 2.05) is 42.5 Å². The molecule has 0 unspecified atom stereocenters. The first-order chi connectivity index (χ1) is 10.3. The lowest BCUT2D eigenvalue weighted by Gasteiger charge is -2.09. The van der Waals surface area contributed by atoms with Gasteiger partial charge in [-0.25, -0.2) is 4.79 Å². The van der Waals surface area contributed by atoms with E-state index < -0.39 is 0 Å². The van der Waals surface area contributed by atoms with Crippen molar-refractivity contribution in [1.29, 1.82) is 0 Å². The maximum atomic E-state index is 12.0. The average Bonchev–Trinajstić information content (AvgIpc) is 2.54. The summed E-state index contributed by atoms with van der Waals surface area (Å²) in [7, 11) is 0. The lowest BCUT2D eigenvalue weighted by Crippen LogP contribution is -2.06. The first-order valence-electron chi connectivity index (χ1n) is 6.50. The van der Waals surface area contributed by atoms with Crippen LogP contribution >= 0.6 is 15.9 Å². The monoisotopic (exact) mass is 341 g/mol. The Kier molecular flexibility index (Phi) is 3.97. The van der Waals surface area contributed by atoms with Gasteiger partial charge in [0, 0.05) is 21.6 Å². The second kappa shape index (κ2) is 6.06. The van der Waals surface area contributed by atoms with Gasteiger partial charge in [-0.05, 0) is 24.3 Å². The molecule has 3 rings (SSSR count). The van der Waals surface area contributed by atoms with Crippen molar-refractivity contribution in [3.8, 4) is 0 Å². The molecule has 0 aliphatic carbocycles. The first-order valence-corrected chi connectivity index (χ1v) is 7.29. The van der Waals surface area contributed by atoms with Crippen molar-refractivity contribution in [1.82, 2.24) is 4.98 Å².